The highest BCUT2D eigenvalue weighted by atomic mass is 32.2. The average Bonchev–Trinajstić information content (AvgIpc) is 3.39. The number of anilines is 1. The Hall–Kier alpha value is -4.62. The number of aromatic nitrogens is 1. The number of esters is 2. The second-order valence-electron chi connectivity index (χ2n) is 9.99. The van der Waals surface area contributed by atoms with Crippen LogP contribution in [0.15, 0.2) is 46.1 Å². The zero-order valence-corrected chi connectivity index (χ0v) is 24.3. The van der Waals surface area contributed by atoms with Gasteiger partial charge in [-0.05, 0) is 39.0 Å². The summed E-state index contributed by atoms with van der Waals surface area (Å²) in [5, 5.41) is 24.9. The van der Waals surface area contributed by atoms with E-state index in [-0.39, 0.29) is 28.9 Å². The molecule has 2 aliphatic rings. The third-order valence-electron chi connectivity index (χ3n) is 5.98. The van der Waals surface area contributed by atoms with Gasteiger partial charge in [-0.15, -0.1) is 23.1 Å². The number of benzene rings is 1. The number of ether oxygens (including phenoxy) is 3. The van der Waals surface area contributed by atoms with Crippen LogP contribution in [-0.2, 0) is 28.7 Å². The highest BCUT2D eigenvalue weighted by Gasteiger charge is 2.55. The first-order valence-corrected chi connectivity index (χ1v) is 14.3. The van der Waals surface area contributed by atoms with Crippen molar-refractivity contribution in [2.24, 2.45) is 10.6 Å². The van der Waals surface area contributed by atoms with Gasteiger partial charge < -0.3 is 30.5 Å². The van der Waals surface area contributed by atoms with Gasteiger partial charge in [0, 0.05) is 16.7 Å². The van der Waals surface area contributed by atoms with Gasteiger partial charge in [0.15, 0.2) is 10.8 Å². The van der Waals surface area contributed by atoms with Gasteiger partial charge in [0.1, 0.15) is 35.2 Å². The first kappa shape index (κ1) is 30.3. The van der Waals surface area contributed by atoms with Crippen molar-refractivity contribution in [1.29, 1.82) is 5.26 Å². The van der Waals surface area contributed by atoms with Gasteiger partial charge in [-0.2, -0.15) is 5.26 Å². The number of oxime groups is 1. The van der Waals surface area contributed by atoms with Gasteiger partial charge in [-0.1, -0.05) is 11.2 Å². The summed E-state index contributed by atoms with van der Waals surface area (Å²) in [5.74, 6) is -2.42. The largest absolute Gasteiger partial charge is 0.489 e. The number of hydrogen-bond acceptors (Lipinski definition) is 14. The standard InChI is InChI=1S/C26H26N6O8S2/c1-26(2,3)24(36)40-12-39-23(35)19-14(9-38-15-6-4-5-13(7-15)8-27)10-41-22-18(21(34)32(19)22)30-20(33)17(31-37)16-11-42-25(28)29-16/h4-7,11,18,22,37H,9-10,12H2,1-3H3,(H2,28,29)(H,30,33)/b31-17-/t18?,22-/m1/s1. The number of carbonyl (C=O) groups excluding carboxylic acids is 4. The number of amides is 2. The predicted octanol–water partition coefficient (Wildman–Crippen LogP) is 1.60. The van der Waals surface area contributed by atoms with E-state index in [0.717, 1.165) is 11.3 Å². The molecule has 2 aromatic rings. The molecular formula is C26H26N6O8S2. The quantitative estimate of drug-likeness (QED) is 0.0919. The molecule has 0 bridgehead atoms. The van der Waals surface area contributed by atoms with Gasteiger partial charge in [-0.3, -0.25) is 19.3 Å². The zero-order chi connectivity index (χ0) is 30.6. The van der Waals surface area contributed by atoms with Crippen molar-refractivity contribution < 1.29 is 38.6 Å². The van der Waals surface area contributed by atoms with E-state index >= 15 is 0 Å². The number of fused-ring (bicyclic) bond motifs is 1. The molecular weight excluding hydrogens is 588 g/mol. The molecule has 16 heteroatoms. The molecule has 0 radical (unpaired) electrons. The molecule has 2 aliphatic heterocycles. The maximum Gasteiger partial charge on any atom is 0.358 e. The van der Waals surface area contributed by atoms with Crippen LogP contribution in [0.1, 0.15) is 32.0 Å². The summed E-state index contributed by atoms with van der Waals surface area (Å²) in [7, 11) is 0. The van der Waals surface area contributed by atoms with Gasteiger partial charge in [0.05, 0.1) is 17.0 Å². The zero-order valence-electron chi connectivity index (χ0n) is 22.7. The number of β-lactam (4-membered cyclic amide) rings is 1. The van der Waals surface area contributed by atoms with E-state index in [2.05, 4.69) is 15.5 Å². The first-order chi connectivity index (χ1) is 19.9. The Morgan fingerprint density at radius 3 is 2.71 bits per heavy atom. The van der Waals surface area contributed by atoms with E-state index in [0.29, 0.717) is 16.9 Å². The molecule has 42 heavy (non-hydrogen) atoms. The lowest BCUT2D eigenvalue weighted by atomic mass is 9.98. The van der Waals surface area contributed by atoms with E-state index in [9.17, 15) is 24.4 Å². The van der Waals surface area contributed by atoms with E-state index in [4.69, 9.17) is 25.2 Å². The minimum Gasteiger partial charge on any atom is -0.489 e. The van der Waals surface area contributed by atoms with E-state index in [1.54, 1.807) is 39.0 Å². The third-order valence-corrected chi connectivity index (χ3v) is 7.99. The molecule has 0 spiro atoms. The van der Waals surface area contributed by atoms with Gasteiger partial charge in [0.25, 0.3) is 11.8 Å². The Kier molecular flexibility index (Phi) is 9.02. The summed E-state index contributed by atoms with van der Waals surface area (Å²) in [6, 6.07) is 7.37. The molecule has 14 nitrogen and oxygen atoms in total. The third kappa shape index (κ3) is 6.47. The fraction of sp³-hybridized carbons (Fsp3) is 0.346. The van der Waals surface area contributed by atoms with Gasteiger partial charge >= 0.3 is 11.9 Å². The molecule has 0 aliphatic carbocycles. The summed E-state index contributed by atoms with van der Waals surface area (Å²) < 4.78 is 16.0. The molecule has 220 valence electrons. The Morgan fingerprint density at radius 2 is 2.07 bits per heavy atom. The van der Waals surface area contributed by atoms with E-state index < -0.39 is 53.1 Å². The van der Waals surface area contributed by atoms with Crippen molar-refractivity contribution >= 4 is 57.7 Å². The fourth-order valence-corrected chi connectivity index (χ4v) is 5.72. The summed E-state index contributed by atoms with van der Waals surface area (Å²) >= 11 is 2.30. The molecule has 4 rings (SSSR count). The van der Waals surface area contributed by atoms with Crippen molar-refractivity contribution in [1.82, 2.24) is 15.2 Å². The first-order valence-electron chi connectivity index (χ1n) is 12.3. The smallest absolute Gasteiger partial charge is 0.358 e. The number of rotatable bonds is 9. The number of nitrogens with two attached hydrogens (primary N) is 1. The molecule has 1 aromatic carbocycles. The molecule has 1 aromatic heterocycles. The van der Waals surface area contributed by atoms with Crippen LogP contribution in [0.3, 0.4) is 0 Å². The van der Waals surface area contributed by atoms with E-state index in [1.165, 1.54) is 28.1 Å². The molecule has 0 saturated carbocycles. The Labute approximate surface area is 248 Å². The maximum absolute atomic E-state index is 13.3. The summed E-state index contributed by atoms with van der Waals surface area (Å²) in [5.41, 5.74) is 5.05. The highest BCUT2D eigenvalue weighted by Crippen LogP contribution is 2.41. The number of nitrogen functional groups attached to an aromatic ring is 1. The molecule has 2 amide bonds. The Morgan fingerprint density at radius 1 is 1.31 bits per heavy atom. The second kappa shape index (κ2) is 12.5. The lowest BCUT2D eigenvalue weighted by molar-refractivity contribution is -0.173. The fourth-order valence-electron chi connectivity index (χ4n) is 3.85. The van der Waals surface area contributed by atoms with Gasteiger partial charge in [-0.25, -0.2) is 9.78 Å². The minimum atomic E-state index is -1.06. The van der Waals surface area contributed by atoms with Crippen LogP contribution >= 0.6 is 23.1 Å². The molecule has 1 saturated heterocycles. The van der Waals surface area contributed by atoms with Crippen LogP contribution in [0, 0.1) is 16.7 Å². The number of thiazole rings is 1. The number of carbonyl (C=O) groups is 4. The van der Waals surface area contributed by atoms with E-state index in [1.807, 2.05) is 6.07 Å². The Balaban J connectivity index is 1.53. The van der Waals surface area contributed by atoms with Crippen molar-refractivity contribution in [2.45, 2.75) is 32.2 Å². The lowest BCUT2D eigenvalue weighted by Crippen LogP contribution is -2.71. The molecule has 1 fully saturated rings. The number of nitriles is 1. The van der Waals surface area contributed by atoms with Crippen molar-refractivity contribution in [3.8, 4) is 11.8 Å². The summed E-state index contributed by atoms with van der Waals surface area (Å²) in [6.07, 6.45) is 0. The van der Waals surface area contributed by atoms with Crippen LogP contribution in [0.5, 0.6) is 5.75 Å². The lowest BCUT2D eigenvalue weighted by Gasteiger charge is -2.49. The topological polar surface area (TPSA) is 207 Å². The number of nitrogens with one attached hydrogen (secondary N) is 1. The number of hydrogen-bond donors (Lipinski definition) is 3. The van der Waals surface area contributed by atoms with Crippen molar-refractivity contribution in [3.05, 3.63) is 52.2 Å². The molecule has 3 heterocycles. The molecule has 4 N–H and O–H groups in total. The highest BCUT2D eigenvalue weighted by molar-refractivity contribution is 8.00. The maximum atomic E-state index is 13.3. The summed E-state index contributed by atoms with van der Waals surface area (Å²) in [4.78, 5) is 56.5. The minimum absolute atomic E-state index is 0.0336. The second-order valence-corrected chi connectivity index (χ2v) is 12.0. The molecule has 2 atom stereocenters. The van der Waals surface area contributed by atoms with Crippen LogP contribution in [0.4, 0.5) is 5.13 Å². The monoisotopic (exact) mass is 614 g/mol. The average molecular weight is 615 g/mol. The normalized spacial score (nSPS) is 18.4. The van der Waals surface area contributed by atoms with Gasteiger partial charge in [0.2, 0.25) is 6.79 Å². The Bertz CT molecular complexity index is 1520. The van der Waals surface area contributed by atoms with Crippen LogP contribution in [0.2, 0.25) is 0 Å². The van der Waals surface area contributed by atoms with Crippen LogP contribution in [-0.4, -0.2) is 75.1 Å². The van der Waals surface area contributed by atoms with Crippen LogP contribution in [0.25, 0.3) is 0 Å². The van der Waals surface area contributed by atoms with Crippen LogP contribution < -0.4 is 15.8 Å². The van der Waals surface area contributed by atoms with Crippen molar-refractivity contribution in [3.63, 3.8) is 0 Å². The number of thioether (sulfide) groups is 1. The SMILES string of the molecule is CC(C)(C)C(=O)OCOC(=O)C1=C(COc2cccc(C#N)c2)CS[C@@H]2C(NC(=O)/C(=N\O)c3csc(N)n3)C(=O)N12. The predicted molar refractivity (Wildman–Crippen MR) is 150 cm³/mol. The van der Waals surface area contributed by atoms with Crippen molar-refractivity contribution in [2.75, 3.05) is 24.9 Å². The summed E-state index contributed by atoms with van der Waals surface area (Å²) in [6.45, 7) is 4.13. The molecule has 1 unspecified atom stereocenters. The number of nitrogens with zero attached hydrogens (tertiary/aromatic N) is 4.